The van der Waals surface area contributed by atoms with Crippen LogP contribution >= 0.6 is 0 Å². The maximum Gasteiger partial charge on any atom is 0.322 e. The van der Waals surface area contributed by atoms with Gasteiger partial charge in [0, 0.05) is 12.0 Å². The zero-order valence-electron chi connectivity index (χ0n) is 10.3. The third-order valence-electron chi connectivity index (χ3n) is 3.75. The molecule has 0 aromatic carbocycles. The second-order valence-corrected chi connectivity index (χ2v) is 5.26. The molecule has 6 nitrogen and oxygen atoms in total. The number of hydrogen-bond donors (Lipinski definition) is 2. The number of nitrogens with two attached hydrogens (primary N) is 1. The molecule has 1 heterocycles. The predicted molar refractivity (Wildman–Crippen MR) is 64.8 cm³/mol. The molecule has 18 heavy (non-hydrogen) atoms. The molecule has 1 amide bonds. The highest BCUT2D eigenvalue weighted by Crippen LogP contribution is 2.39. The van der Waals surface area contributed by atoms with Crippen molar-refractivity contribution in [1.82, 2.24) is 10.2 Å². The zero-order valence-corrected chi connectivity index (χ0v) is 10.3. The Hall–Kier alpha value is -1.43. The van der Waals surface area contributed by atoms with Crippen molar-refractivity contribution in [3.8, 4) is 0 Å². The van der Waals surface area contributed by atoms with Crippen molar-refractivity contribution in [2.24, 2.45) is 11.7 Å². The molecule has 6 heteroatoms. The Morgan fingerprint density at radius 3 is 2.72 bits per heavy atom. The van der Waals surface area contributed by atoms with Crippen LogP contribution < -0.4 is 11.1 Å². The van der Waals surface area contributed by atoms with Gasteiger partial charge in [-0.25, -0.2) is 0 Å². The third kappa shape index (κ3) is 2.38. The summed E-state index contributed by atoms with van der Waals surface area (Å²) in [6.45, 7) is 0. The summed E-state index contributed by atoms with van der Waals surface area (Å²) in [5.74, 6) is 0.821. The molecule has 0 aliphatic heterocycles. The monoisotopic (exact) mass is 250 g/mol. The number of hydrogen-bond acceptors (Lipinski definition) is 5. The second kappa shape index (κ2) is 4.68. The molecule has 0 bridgehead atoms. The van der Waals surface area contributed by atoms with Crippen molar-refractivity contribution in [1.29, 1.82) is 0 Å². The van der Waals surface area contributed by atoms with Crippen LogP contribution in [-0.2, 0) is 4.79 Å². The summed E-state index contributed by atoms with van der Waals surface area (Å²) in [6, 6.07) is 0.157. The normalized spacial score (nSPS) is 28.1. The van der Waals surface area contributed by atoms with Gasteiger partial charge >= 0.3 is 6.01 Å². The fraction of sp³-hybridized carbons (Fsp3) is 0.750. The van der Waals surface area contributed by atoms with Gasteiger partial charge in [0.1, 0.15) is 0 Å². The molecule has 3 rings (SSSR count). The first-order valence-electron chi connectivity index (χ1n) is 6.64. The summed E-state index contributed by atoms with van der Waals surface area (Å²) in [7, 11) is 0. The molecule has 0 saturated heterocycles. The number of aromatic nitrogens is 2. The maximum atomic E-state index is 12.1. The molecule has 2 fully saturated rings. The topological polar surface area (TPSA) is 94.0 Å². The lowest BCUT2D eigenvalue weighted by Gasteiger charge is -2.26. The Morgan fingerprint density at radius 2 is 2.00 bits per heavy atom. The van der Waals surface area contributed by atoms with Gasteiger partial charge in [-0.05, 0) is 25.7 Å². The van der Waals surface area contributed by atoms with Gasteiger partial charge in [-0.15, -0.1) is 5.10 Å². The van der Waals surface area contributed by atoms with E-state index < -0.39 is 0 Å². The minimum Gasteiger partial charge on any atom is -0.408 e. The van der Waals surface area contributed by atoms with Crippen molar-refractivity contribution in [3.05, 3.63) is 5.89 Å². The van der Waals surface area contributed by atoms with Gasteiger partial charge in [0.2, 0.25) is 11.8 Å². The summed E-state index contributed by atoms with van der Waals surface area (Å²) >= 11 is 0. The highest BCUT2D eigenvalue weighted by molar-refractivity contribution is 5.91. The van der Waals surface area contributed by atoms with E-state index in [0.717, 1.165) is 38.5 Å². The van der Waals surface area contributed by atoms with E-state index in [1.54, 1.807) is 0 Å². The molecule has 2 aliphatic carbocycles. The van der Waals surface area contributed by atoms with E-state index >= 15 is 0 Å². The van der Waals surface area contributed by atoms with Gasteiger partial charge in [0.05, 0.1) is 5.92 Å². The minimum absolute atomic E-state index is 0.0513. The quantitative estimate of drug-likeness (QED) is 0.845. The molecule has 98 valence electrons. The van der Waals surface area contributed by atoms with Crippen LogP contribution in [0.4, 0.5) is 6.01 Å². The van der Waals surface area contributed by atoms with Crippen molar-refractivity contribution < 1.29 is 9.21 Å². The zero-order chi connectivity index (χ0) is 12.5. The number of carbonyl (C=O) groups is 1. The van der Waals surface area contributed by atoms with Crippen molar-refractivity contribution in [3.63, 3.8) is 0 Å². The van der Waals surface area contributed by atoms with Crippen LogP contribution in [0.15, 0.2) is 4.42 Å². The molecular formula is C12H18N4O2. The maximum absolute atomic E-state index is 12.1. The Morgan fingerprint density at radius 1 is 1.22 bits per heavy atom. The lowest BCUT2D eigenvalue weighted by atomic mass is 9.84. The Labute approximate surface area is 105 Å². The number of amides is 1. The van der Waals surface area contributed by atoms with E-state index in [0.29, 0.717) is 11.8 Å². The van der Waals surface area contributed by atoms with Crippen LogP contribution in [0.2, 0.25) is 0 Å². The van der Waals surface area contributed by atoms with Crippen molar-refractivity contribution >= 4 is 11.9 Å². The van der Waals surface area contributed by atoms with Crippen molar-refractivity contribution in [2.75, 3.05) is 5.32 Å². The van der Waals surface area contributed by atoms with Crippen LogP contribution in [0.5, 0.6) is 0 Å². The molecule has 2 unspecified atom stereocenters. The average molecular weight is 250 g/mol. The Bertz CT molecular complexity index is 441. The van der Waals surface area contributed by atoms with Gasteiger partial charge in [0.25, 0.3) is 0 Å². The smallest absolute Gasteiger partial charge is 0.322 e. The predicted octanol–water partition coefficient (Wildman–Crippen LogP) is 1.40. The highest BCUT2D eigenvalue weighted by atomic mass is 16.4. The SMILES string of the molecule is NC1CCCCC1C(=O)Nc1nnc(C2CC2)o1. The van der Waals surface area contributed by atoms with Crippen molar-refractivity contribution in [2.45, 2.75) is 50.5 Å². The molecular weight excluding hydrogens is 232 g/mol. The molecule has 2 saturated carbocycles. The van der Waals surface area contributed by atoms with E-state index in [9.17, 15) is 4.79 Å². The standard InChI is InChI=1S/C12H18N4O2/c13-9-4-2-1-3-8(9)10(17)14-12-16-15-11(18-12)7-5-6-7/h7-9H,1-6,13H2,(H,14,16,17). The molecule has 3 N–H and O–H groups in total. The first kappa shape index (κ1) is 11.6. The van der Waals surface area contributed by atoms with Gasteiger partial charge < -0.3 is 10.2 Å². The summed E-state index contributed by atoms with van der Waals surface area (Å²) in [6.07, 6.45) is 6.12. The summed E-state index contributed by atoms with van der Waals surface area (Å²) in [4.78, 5) is 12.1. The average Bonchev–Trinajstić information content (AvgIpc) is 3.11. The first-order chi connectivity index (χ1) is 8.74. The highest BCUT2D eigenvalue weighted by Gasteiger charge is 2.31. The number of nitrogens with one attached hydrogen (secondary N) is 1. The number of carbonyl (C=O) groups excluding carboxylic acids is 1. The van der Waals surface area contributed by atoms with Crippen LogP contribution in [0, 0.1) is 5.92 Å². The minimum atomic E-state index is -0.130. The molecule has 1 aromatic heterocycles. The molecule has 2 aliphatic rings. The van der Waals surface area contributed by atoms with Gasteiger partial charge in [-0.1, -0.05) is 17.9 Å². The van der Waals surface area contributed by atoms with E-state index in [-0.39, 0.29) is 23.9 Å². The van der Waals surface area contributed by atoms with Gasteiger partial charge in [-0.3, -0.25) is 10.1 Å². The second-order valence-electron chi connectivity index (χ2n) is 5.26. The van der Waals surface area contributed by atoms with E-state index in [2.05, 4.69) is 15.5 Å². The largest absolute Gasteiger partial charge is 0.408 e. The van der Waals surface area contributed by atoms with Gasteiger partial charge in [0.15, 0.2) is 0 Å². The molecule has 0 spiro atoms. The molecule has 1 aromatic rings. The molecule has 0 radical (unpaired) electrons. The van der Waals surface area contributed by atoms with Crippen LogP contribution in [-0.4, -0.2) is 22.1 Å². The molecule has 2 atom stereocenters. The fourth-order valence-electron chi connectivity index (χ4n) is 2.46. The van der Waals surface area contributed by atoms with Crippen LogP contribution in [0.3, 0.4) is 0 Å². The lowest BCUT2D eigenvalue weighted by molar-refractivity contribution is -0.121. The number of nitrogens with zero attached hydrogens (tertiary/aromatic N) is 2. The third-order valence-corrected chi connectivity index (χ3v) is 3.75. The van der Waals surface area contributed by atoms with E-state index in [1.807, 2.05) is 0 Å². The first-order valence-corrected chi connectivity index (χ1v) is 6.64. The Kier molecular flexibility index (Phi) is 3.03. The number of rotatable bonds is 3. The lowest BCUT2D eigenvalue weighted by Crippen LogP contribution is -2.40. The fourth-order valence-corrected chi connectivity index (χ4v) is 2.46. The van der Waals surface area contributed by atoms with E-state index in [4.69, 9.17) is 10.2 Å². The number of anilines is 1. The van der Waals surface area contributed by atoms with Crippen LogP contribution in [0.25, 0.3) is 0 Å². The summed E-state index contributed by atoms with van der Waals surface area (Å²) in [5.41, 5.74) is 5.97. The Balaban J connectivity index is 1.61. The van der Waals surface area contributed by atoms with Gasteiger partial charge in [-0.2, -0.15) is 0 Å². The summed E-state index contributed by atoms with van der Waals surface area (Å²) < 4.78 is 5.41. The summed E-state index contributed by atoms with van der Waals surface area (Å²) in [5, 5.41) is 10.5. The van der Waals surface area contributed by atoms with E-state index in [1.165, 1.54) is 0 Å². The van der Waals surface area contributed by atoms with Crippen LogP contribution in [0.1, 0.15) is 50.3 Å².